The number of nitrogens with one attached hydrogen (secondary N) is 1. The minimum absolute atomic E-state index is 0.798. The molecule has 0 fully saturated rings. The molecule has 0 radical (unpaired) electrons. The van der Waals surface area contributed by atoms with E-state index in [9.17, 15) is 0 Å². The van der Waals surface area contributed by atoms with Gasteiger partial charge in [0.2, 0.25) is 10.1 Å². The largest absolute Gasteiger partial charge is 0.378 e. The Morgan fingerprint density at radius 3 is 2.88 bits per heavy atom. The van der Waals surface area contributed by atoms with Crippen molar-refractivity contribution in [3.63, 3.8) is 0 Å². The second-order valence-electron chi connectivity index (χ2n) is 5.64. The van der Waals surface area contributed by atoms with Crippen LogP contribution in [0, 0.1) is 0 Å². The summed E-state index contributed by atoms with van der Waals surface area (Å²) in [6, 6.07) is 12.5. The fourth-order valence-electron chi connectivity index (χ4n) is 2.43. The van der Waals surface area contributed by atoms with Gasteiger partial charge in [-0.15, -0.1) is 16.4 Å². The molecule has 0 amide bonds. The van der Waals surface area contributed by atoms with Gasteiger partial charge in [0.1, 0.15) is 0 Å². The van der Waals surface area contributed by atoms with E-state index >= 15 is 0 Å². The molecule has 5 nitrogen and oxygen atoms in total. The lowest BCUT2D eigenvalue weighted by molar-refractivity contribution is 0.964. The van der Waals surface area contributed by atoms with Crippen LogP contribution < -0.4 is 10.2 Å². The molecule has 1 aromatic carbocycles. The van der Waals surface area contributed by atoms with Gasteiger partial charge < -0.3 is 10.2 Å². The molecule has 0 aliphatic heterocycles. The van der Waals surface area contributed by atoms with Crippen LogP contribution in [0.25, 0.3) is 16.2 Å². The topological polar surface area (TPSA) is 45.5 Å². The normalized spacial score (nSPS) is 11.1. The number of aromatic nitrogens is 3. The van der Waals surface area contributed by atoms with Gasteiger partial charge in [-0.25, -0.2) is 9.50 Å². The first-order valence-corrected chi connectivity index (χ1v) is 9.29. The first kappa shape index (κ1) is 15.2. The fourth-order valence-corrected chi connectivity index (χ4v) is 3.85. The van der Waals surface area contributed by atoms with Crippen LogP contribution >= 0.6 is 22.7 Å². The molecule has 3 heterocycles. The Morgan fingerprint density at radius 1 is 1.21 bits per heavy atom. The van der Waals surface area contributed by atoms with Crippen LogP contribution in [0.3, 0.4) is 0 Å². The minimum Gasteiger partial charge on any atom is -0.378 e. The Bertz CT molecular complexity index is 921. The highest BCUT2D eigenvalue weighted by Gasteiger charge is 2.10. The molecule has 0 saturated heterocycles. The Kier molecular flexibility index (Phi) is 3.95. The SMILES string of the molecule is CN(C)c1cccc(-c2cn3nc(NCc4cccs4)sc3n2)c1. The van der Waals surface area contributed by atoms with Gasteiger partial charge in [0, 0.05) is 30.2 Å². The summed E-state index contributed by atoms with van der Waals surface area (Å²) < 4.78 is 1.85. The maximum Gasteiger partial charge on any atom is 0.214 e. The van der Waals surface area contributed by atoms with Crippen LogP contribution in [0.4, 0.5) is 10.8 Å². The van der Waals surface area contributed by atoms with E-state index in [4.69, 9.17) is 4.98 Å². The molecular formula is C17H17N5S2. The van der Waals surface area contributed by atoms with E-state index < -0.39 is 0 Å². The van der Waals surface area contributed by atoms with Crippen LogP contribution in [-0.4, -0.2) is 28.7 Å². The van der Waals surface area contributed by atoms with Crippen molar-refractivity contribution in [3.8, 4) is 11.3 Å². The molecule has 24 heavy (non-hydrogen) atoms. The number of nitrogens with zero attached hydrogens (tertiary/aromatic N) is 4. The standard InChI is InChI=1S/C17H17N5S2/c1-21(2)13-6-3-5-12(9-13)15-11-22-17(19-15)24-16(20-22)18-10-14-7-4-8-23-14/h3-9,11H,10H2,1-2H3,(H,18,20). The van der Waals surface area contributed by atoms with Crippen molar-refractivity contribution in [3.05, 3.63) is 52.9 Å². The van der Waals surface area contributed by atoms with Crippen molar-refractivity contribution in [1.82, 2.24) is 14.6 Å². The molecule has 0 aliphatic rings. The zero-order valence-electron chi connectivity index (χ0n) is 13.4. The number of anilines is 2. The zero-order chi connectivity index (χ0) is 16.5. The summed E-state index contributed by atoms with van der Waals surface area (Å²) in [6.45, 7) is 0.798. The van der Waals surface area contributed by atoms with Crippen molar-refractivity contribution >= 4 is 38.5 Å². The van der Waals surface area contributed by atoms with Crippen molar-refractivity contribution in [2.24, 2.45) is 0 Å². The third kappa shape index (κ3) is 3.00. The van der Waals surface area contributed by atoms with Gasteiger partial charge in [-0.05, 0) is 23.6 Å². The molecule has 0 unspecified atom stereocenters. The summed E-state index contributed by atoms with van der Waals surface area (Å²) in [4.78, 5) is 8.99. The Labute approximate surface area is 148 Å². The Morgan fingerprint density at radius 2 is 2.12 bits per heavy atom. The smallest absolute Gasteiger partial charge is 0.214 e. The molecule has 3 aromatic heterocycles. The fraction of sp³-hybridized carbons (Fsp3) is 0.176. The zero-order valence-corrected chi connectivity index (χ0v) is 15.1. The maximum absolute atomic E-state index is 4.71. The van der Waals surface area contributed by atoms with Gasteiger partial charge in [0.25, 0.3) is 0 Å². The molecule has 0 spiro atoms. The average Bonchev–Trinajstić information content (AvgIpc) is 3.29. The van der Waals surface area contributed by atoms with Crippen molar-refractivity contribution in [1.29, 1.82) is 0 Å². The van der Waals surface area contributed by atoms with Crippen LogP contribution in [0.5, 0.6) is 0 Å². The number of fused-ring (bicyclic) bond motifs is 1. The Balaban J connectivity index is 1.56. The van der Waals surface area contributed by atoms with E-state index in [-0.39, 0.29) is 0 Å². The molecule has 0 saturated carbocycles. The quantitative estimate of drug-likeness (QED) is 0.583. The van der Waals surface area contributed by atoms with Gasteiger partial charge in [-0.1, -0.05) is 29.5 Å². The van der Waals surface area contributed by atoms with Crippen molar-refractivity contribution in [2.75, 3.05) is 24.3 Å². The van der Waals surface area contributed by atoms with Crippen molar-refractivity contribution in [2.45, 2.75) is 6.54 Å². The van der Waals surface area contributed by atoms with E-state index in [1.54, 1.807) is 22.7 Å². The van der Waals surface area contributed by atoms with Crippen molar-refractivity contribution < 1.29 is 0 Å². The van der Waals surface area contributed by atoms with Crippen LogP contribution in [-0.2, 0) is 6.54 Å². The van der Waals surface area contributed by atoms with E-state index in [0.717, 1.165) is 33.6 Å². The summed E-state index contributed by atoms with van der Waals surface area (Å²) in [5.74, 6) is 0. The van der Waals surface area contributed by atoms with Crippen LogP contribution in [0.1, 0.15) is 4.88 Å². The molecule has 0 bridgehead atoms. The molecule has 0 atom stereocenters. The van der Waals surface area contributed by atoms with Gasteiger partial charge in [0.05, 0.1) is 18.4 Å². The monoisotopic (exact) mass is 355 g/mol. The lowest BCUT2D eigenvalue weighted by Crippen LogP contribution is -2.08. The third-order valence-electron chi connectivity index (χ3n) is 3.70. The lowest BCUT2D eigenvalue weighted by Gasteiger charge is -2.12. The van der Waals surface area contributed by atoms with E-state index in [2.05, 4.69) is 57.1 Å². The minimum atomic E-state index is 0.798. The molecule has 4 rings (SSSR count). The summed E-state index contributed by atoms with van der Waals surface area (Å²) in [5, 5.41) is 10.9. The first-order chi connectivity index (χ1) is 11.7. The number of hydrogen-bond acceptors (Lipinski definition) is 6. The second-order valence-corrected chi connectivity index (χ2v) is 7.63. The molecule has 4 aromatic rings. The number of hydrogen-bond donors (Lipinski definition) is 1. The molecule has 122 valence electrons. The highest BCUT2D eigenvalue weighted by molar-refractivity contribution is 7.20. The van der Waals surface area contributed by atoms with E-state index in [1.165, 1.54) is 4.88 Å². The number of benzene rings is 1. The predicted molar refractivity (Wildman–Crippen MR) is 102 cm³/mol. The van der Waals surface area contributed by atoms with Gasteiger partial charge in [-0.2, -0.15) is 0 Å². The molecule has 1 N–H and O–H groups in total. The molecule has 0 aliphatic carbocycles. The number of thiophene rings is 1. The second kappa shape index (κ2) is 6.26. The summed E-state index contributed by atoms with van der Waals surface area (Å²) in [5.41, 5.74) is 3.21. The maximum atomic E-state index is 4.71. The van der Waals surface area contributed by atoms with Gasteiger partial charge >= 0.3 is 0 Å². The molecular weight excluding hydrogens is 338 g/mol. The van der Waals surface area contributed by atoms with Crippen LogP contribution in [0.15, 0.2) is 48.0 Å². The van der Waals surface area contributed by atoms with Gasteiger partial charge in [-0.3, -0.25) is 0 Å². The average molecular weight is 355 g/mol. The summed E-state index contributed by atoms with van der Waals surface area (Å²) in [7, 11) is 4.08. The van der Waals surface area contributed by atoms with E-state index in [0.29, 0.717) is 0 Å². The predicted octanol–water partition coefficient (Wildman–Crippen LogP) is 4.20. The Hall–Kier alpha value is -2.38. The first-order valence-electron chi connectivity index (χ1n) is 7.59. The molecule has 7 heteroatoms. The number of rotatable bonds is 5. The van der Waals surface area contributed by atoms with Gasteiger partial charge in [0.15, 0.2) is 0 Å². The summed E-state index contributed by atoms with van der Waals surface area (Å²) in [6.07, 6.45) is 1.98. The highest BCUT2D eigenvalue weighted by Crippen LogP contribution is 2.27. The lowest BCUT2D eigenvalue weighted by atomic mass is 10.1. The highest BCUT2D eigenvalue weighted by atomic mass is 32.1. The number of imidazole rings is 1. The summed E-state index contributed by atoms with van der Waals surface area (Å²) >= 11 is 3.31. The van der Waals surface area contributed by atoms with Crippen LogP contribution in [0.2, 0.25) is 0 Å². The third-order valence-corrected chi connectivity index (χ3v) is 5.45. The van der Waals surface area contributed by atoms with E-state index in [1.807, 2.05) is 24.8 Å².